The van der Waals surface area contributed by atoms with Crippen LogP contribution in [0.25, 0.3) is 0 Å². The Balaban J connectivity index is 1.48. The summed E-state index contributed by atoms with van der Waals surface area (Å²) >= 11 is 0. The van der Waals surface area contributed by atoms with E-state index in [1.165, 1.54) is 0 Å². The molecule has 4 heterocycles. The first-order valence-corrected chi connectivity index (χ1v) is 9.23. The molecule has 26 heavy (non-hydrogen) atoms. The van der Waals surface area contributed by atoms with Crippen molar-refractivity contribution in [3.8, 4) is 0 Å². The third kappa shape index (κ3) is 3.47. The number of nitrogens with zero attached hydrogens (tertiary/aromatic N) is 3. The van der Waals surface area contributed by atoms with Crippen LogP contribution in [-0.4, -0.2) is 45.7 Å². The molecule has 2 aromatic rings. The first kappa shape index (κ1) is 16.8. The monoisotopic (exact) mass is 349 g/mol. The lowest BCUT2D eigenvalue weighted by molar-refractivity contribution is -0.140. The third-order valence-corrected chi connectivity index (χ3v) is 5.40. The van der Waals surface area contributed by atoms with Crippen LogP contribution in [0.2, 0.25) is 0 Å². The second kappa shape index (κ2) is 7.28. The second-order valence-corrected chi connectivity index (χ2v) is 7.18. The minimum atomic E-state index is -0.0786. The highest BCUT2D eigenvalue weighted by atomic mass is 16.2. The van der Waals surface area contributed by atoms with Crippen molar-refractivity contribution in [2.24, 2.45) is 5.92 Å². The highest BCUT2D eigenvalue weighted by molar-refractivity contribution is 5.83. The third-order valence-electron chi connectivity index (χ3n) is 5.40. The Kier molecular flexibility index (Phi) is 4.69. The van der Waals surface area contributed by atoms with E-state index in [1.807, 2.05) is 46.2 Å². The van der Waals surface area contributed by atoms with Gasteiger partial charge in [0, 0.05) is 37.6 Å². The molecular formula is C21H23N3O2. The molecular weight excluding hydrogens is 326 g/mol. The number of rotatable bonds is 4. The van der Waals surface area contributed by atoms with E-state index in [2.05, 4.69) is 17.1 Å². The van der Waals surface area contributed by atoms with E-state index in [0.717, 1.165) is 24.1 Å². The van der Waals surface area contributed by atoms with Crippen LogP contribution >= 0.6 is 0 Å². The maximum atomic E-state index is 12.9. The lowest BCUT2D eigenvalue weighted by Crippen LogP contribution is -2.47. The van der Waals surface area contributed by atoms with Crippen molar-refractivity contribution in [2.45, 2.75) is 31.8 Å². The maximum absolute atomic E-state index is 12.9. The number of amides is 2. The van der Waals surface area contributed by atoms with Gasteiger partial charge in [0.25, 0.3) is 0 Å². The average molecular weight is 349 g/mol. The van der Waals surface area contributed by atoms with E-state index in [1.54, 1.807) is 6.20 Å². The van der Waals surface area contributed by atoms with Crippen LogP contribution in [0.4, 0.5) is 0 Å². The quantitative estimate of drug-likeness (QED) is 0.851. The molecule has 134 valence electrons. The molecule has 3 saturated heterocycles. The molecule has 2 bridgehead atoms. The van der Waals surface area contributed by atoms with Gasteiger partial charge in [-0.2, -0.15) is 0 Å². The van der Waals surface area contributed by atoms with Gasteiger partial charge in [-0.3, -0.25) is 14.6 Å². The van der Waals surface area contributed by atoms with Crippen LogP contribution in [0.5, 0.6) is 0 Å². The van der Waals surface area contributed by atoms with Gasteiger partial charge in [-0.25, -0.2) is 0 Å². The summed E-state index contributed by atoms with van der Waals surface area (Å²) in [7, 11) is 0. The summed E-state index contributed by atoms with van der Waals surface area (Å²) in [6.07, 6.45) is 3.85. The number of benzene rings is 1. The van der Waals surface area contributed by atoms with Crippen LogP contribution in [0.1, 0.15) is 24.1 Å². The zero-order chi connectivity index (χ0) is 17.9. The number of hydrogen-bond acceptors (Lipinski definition) is 3. The molecule has 0 N–H and O–H groups in total. The molecule has 5 rings (SSSR count). The maximum Gasteiger partial charge on any atom is 0.228 e. The zero-order valence-electron chi connectivity index (χ0n) is 14.8. The van der Waals surface area contributed by atoms with E-state index in [-0.39, 0.29) is 23.8 Å². The summed E-state index contributed by atoms with van der Waals surface area (Å²) in [6, 6.07) is 15.8. The number of hydrogen-bond donors (Lipinski definition) is 0. The second-order valence-electron chi connectivity index (χ2n) is 7.18. The summed E-state index contributed by atoms with van der Waals surface area (Å²) in [6.45, 7) is 1.79. The van der Waals surface area contributed by atoms with Crippen molar-refractivity contribution >= 4 is 11.8 Å². The average Bonchev–Trinajstić information content (AvgIpc) is 2.96. The first-order valence-electron chi connectivity index (χ1n) is 9.23. The Bertz CT molecular complexity index is 778. The van der Waals surface area contributed by atoms with Crippen molar-refractivity contribution < 1.29 is 9.59 Å². The minimum Gasteiger partial charge on any atom is -0.339 e. The van der Waals surface area contributed by atoms with E-state index in [9.17, 15) is 9.59 Å². The Morgan fingerprint density at radius 1 is 1.04 bits per heavy atom. The molecule has 5 nitrogen and oxygen atoms in total. The molecule has 0 aliphatic carbocycles. The molecule has 1 aromatic carbocycles. The molecule has 3 fully saturated rings. The highest BCUT2D eigenvalue weighted by Gasteiger charge is 2.41. The van der Waals surface area contributed by atoms with Crippen LogP contribution in [0.15, 0.2) is 54.7 Å². The standard InChI is InChI=1S/C21H23N3O2/c25-20(12-18-8-4-5-11-22-18)23-14-17-9-10-19(15-23)24(21(17)26)13-16-6-2-1-3-7-16/h1-8,11,17,19H,9-10,12-15H2/t17-,19+/m1/s1. The Hall–Kier alpha value is -2.69. The van der Waals surface area contributed by atoms with E-state index >= 15 is 0 Å². The lowest BCUT2D eigenvalue weighted by Gasteiger charge is -2.36. The van der Waals surface area contributed by atoms with Gasteiger partial charge in [0.05, 0.1) is 12.3 Å². The number of piperidine rings is 1. The summed E-state index contributed by atoms with van der Waals surface area (Å²) < 4.78 is 0. The fourth-order valence-electron chi connectivity index (χ4n) is 4.00. The molecule has 0 saturated carbocycles. The lowest BCUT2D eigenvalue weighted by atomic mass is 9.93. The first-order chi connectivity index (χ1) is 12.7. The SMILES string of the molecule is O=C(Cc1ccccn1)N1C[C@H]2CC[C@@H](C1)N(Cc1ccccc1)C2=O. The van der Waals surface area contributed by atoms with Crippen molar-refractivity contribution in [3.63, 3.8) is 0 Å². The summed E-state index contributed by atoms with van der Waals surface area (Å²) in [5.74, 6) is 0.179. The largest absolute Gasteiger partial charge is 0.339 e. The zero-order valence-corrected chi connectivity index (χ0v) is 14.8. The number of fused-ring (bicyclic) bond motifs is 4. The Morgan fingerprint density at radius 3 is 2.62 bits per heavy atom. The fraction of sp³-hybridized carbons (Fsp3) is 0.381. The minimum absolute atomic E-state index is 0.0648. The van der Waals surface area contributed by atoms with Gasteiger partial charge in [-0.1, -0.05) is 36.4 Å². The smallest absolute Gasteiger partial charge is 0.228 e. The predicted octanol–water partition coefficient (Wildman–Crippen LogP) is 2.27. The van der Waals surface area contributed by atoms with Gasteiger partial charge in [-0.05, 0) is 30.5 Å². The van der Waals surface area contributed by atoms with Gasteiger partial charge in [0.1, 0.15) is 0 Å². The normalized spacial score (nSPS) is 22.4. The number of carbonyl (C=O) groups excluding carboxylic acids is 2. The number of aromatic nitrogens is 1. The molecule has 2 atom stereocenters. The molecule has 3 aliphatic heterocycles. The van der Waals surface area contributed by atoms with E-state index in [4.69, 9.17) is 0 Å². The van der Waals surface area contributed by atoms with Gasteiger partial charge in [0.2, 0.25) is 11.8 Å². The van der Waals surface area contributed by atoms with Crippen LogP contribution < -0.4 is 0 Å². The van der Waals surface area contributed by atoms with Crippen LogP contribution in [-0.2, 0) is 22.6 Å². The van der Waals surface area contributed by atoms with Crippen LogP contribution in [0.3, 0.4) is 0 Å². The molecule has 2 amide bonds. The van der Waals surface area contributed by atoms with E-state index < -0.39 is 0 Å². The summed E-state index contributed by atoms with van der Waals surface area (Å²) in [4.78, 5) is 33.8. The molecule has 3 aliphatic rings. The topological polar surface area (TPSA) is 53.5 Å². The van der Waals surface area contributed by atoms with Crippen molar-refractivity contribution in [1.82, 2.24) is 14.8 Å². The number of carbonyl (C=O) groups is 2. The summed E-state index contributed by atoms with van der Waals surface area (Å²) in [5.41, 5.74) is 1.92. The predicted molar refractivity (Wildman–Crippen MR) is 98.0 cm³/mol. The van der Waals surface area contributed by atoms with Gasteiger partial charge < -0.3 is 9.80 Å². The Labute approximate surface area is 153 Å². The molecule has 5 heteroatoms. The van der Waals surface area contributed by atoms with Gasteiger partial charge >= 0.3 is 0 Å². The van der Waals surface area contributed by atoms with E-state index in [0.29, 0.717) is 26.1 Å². The summed E-state index contributed by atoms with van der Waals surface area (Å²) in [5, 5.41) is 0. The Morgan fingerprint density at radius 2 is 1.85 bits per heavy atom. The molecule has 0 unspecified atom stereocenters. The molecule has 0 radical (unpaired) electrons. The van der Waals surface area contributed by atoms with Crippen molar-refractivity contribution in [3.05, 3.63) is 66.0 Å². The van der Waals surface area contributed by atoms with Crippen LogP contribution in [0, 0.1) is 5.92 Å². The van der Waals surface area contributed by atoms with Gasteiger partial charge in [-0.15, -0.1) is 0 Å². The van der Waals surface area contributed by atoms with Crippen molar-refractivity contribution in [2.75, 3.05) is 13.1 Å². The van der Waals surface area contributed by atoms with Crippen molar-refractivity contribution in [1.29, 1.82) is 0 Å². The molecule has 0 spiro atoms. The number of pyridine rings is 1. The fourth-order valence-corrected chi connectivity index (χ4v) is 4.00. The molecule has 1 aromatic heterocycles. The highest BCUT2D eigenvalue weighted by Crippen LogP contribution is 2.30. The van der Waals surface area contributed by atoms with Gasteiger partial charge in [0.15, 0.2) is 0 Å².